The minimum Gasteiger partial charge on any atom is -0.399 e. The zero-order valence-electron chi connectivity index (χ0n) is 10.9. The molecule has 1 aliphatic rings. The van der Waals surface area contributed by atoms with E-state index in [2.05, 4.69) is 11.8 Å². The van der Waals surface area contributed by atoms with Crippen LogP contribution in [0.4, 0.5) is 11.4 Å². The van der Waals surface area contributed by atoms with Gasteiger partial charge in [-0.2, -0.15) is 0 Å². The minimum atomic E-state index is -0.413. The maximum Gasteiger partial charge on any atom is 0.250 e. The van der Waals surface area contributed by atoms with Crippen molar-refractivity contribution in [2.24, 2.45) is 11.7 Å². The first kappa shape index (κ1) is 12.7. The van der Waals surface area contributed by atoms with Gasteiger partial charge in [0.15, 0.2) is 0 Å². The molecule has 0 unspecified atom stereocenters. The topological polar surface area (TPSA) is 72.3 Å². The highest BCUT2D eigenvalue weighted by Crippen LogP contribution is 2.30. The molecule has 4 nitrogen and oxygen atoms in total. The Morgan fingerprint density at radius 1 is 1.44 bits per heavy atom. The summed E-state index contributed by atoms with van der Waals surface area (Å²) >= 11 is 0. The quantitative estimate of drug-likeness (QED) is 0.782. The van der Waals surface area contributed by atoms with Crippen molar-refractivity contribution < 1.29 is 4.79 Å². The zero-order valence-corrected chi connectivity index (χ0v) is 10.9. The predicted molar refractivity (Wildman–Crippen MR) is 74.6 cm³/mol. The number of nitrogens with zero attached hydrogens (tertiary/aromatic N) is 1. The average Bonchev–Trinajstić information content (AvgIpc) is 2.28. The molecule has 0 atom stereocenters. The van der Waals surface area contributed by atoms with Crippen LogP contribution in [0.15, 0.2) is 18.2 Å². The van der Waals surface area contributed by atoms with Crippen molar-refractivity contribution in [1.29, 1.82) is 0 Å². The van der Waals surface area contributed by atoms with Crippen LogP contribution in [0.3, 0.4) is 0 Å². The van der Waals surface area contributed by atoms with Crippen molar-refractivity contribution >= 4 is 17.3 Å². The Morgan fingerprint density at radius 2 is 2.17 bits per heavy atom. The number of anilines is 2. The Kier molecular flexibility index (Phi) is 3.75. The highest BCUT2D eigenvalue weighted by atomic mass is 16.1. The molecule has 0 radical (unpaired) electrons. The van der Waals surface area contributed by atoms with Gasteiger partial charge in [-0.3, -0.25) is 4.79 Å². The first-order valence-electron chi connectivity index (χ1n) is 6.56. The van der Waals surface area contributed by atoms with E-state index >= 15 is 0 Å². The van der Waals surface area contributed by atoms with Crippen LogP contribution in [-0.2, 0) is 0 Å². The van der Waals surface area contributed by atoms with E-state index < -0.39 is 5.91 Å². The van der Waals surface area contributed by atoms with Gasteiger partial charge >= 0.3 is 0 Å². The Hall–Kier alpha value is -1.71. The zero-order chi connectivity index (χ0) is 13.1. The number of primary amides is 1. The van der Waals surface area contributed by atoms with Gasteiger partial charge in [0, 0.05) is 24.5 Å². The molecule has 0 aromatic heterocycles. The molecule has 0 aliphatic heterocycles. The van der Waals surface area contributed by atoms with Crippen molar-refractivity contribution in [3.05, 3.63) is 23.8 Å². The number of carbonyl (C=O) groups excluding carboxylic acids is 1. The van der Waals surface area contributed by atoms with Crippen LogP contribution in [-0.4, -0.2) is 19.0 Å². The summed E-state index contributed by atoms with van der Waals surface area (Å²) in [5.74, 6) is 0.340. The number of hydrogen-bond donors (Lipinski definition) is 2. The molecule has 1 fully saturated rings. The van der Waals surface area contributed by atoms with Gasteiger partial charge in [0.1, 0.15) is 0 Å². The molecule has 98 valence electrons. The predicted octanol–water partition coefficient (Wildman–Crippen LogP) is 1.99. The molecule has 4 N–H and O–H groups in total. The summed E-state index contributed by atoms with van der Waals surface area (Å²) < 4.78 is 0. The summed E-state index contributed by atoms with van der Waals surface area (Å²) in [7, 11) is 0. The highest BCUT2D eigenvalue weighted by molar-refractivity contribution is 5.99. The number of hydrogen-bond acceptors (Lipinski definition) is 3. The van der Waals surface area contributed by atoms with Crippen molar-refractivity contribution in [3.8, 4) is 0 Å². The smallest absolute Gasteiger partial charge is 0.250 e. The third-order valence-corrected chi connectivity index (χ3v) is 3.71. The van der Waals surface area contributed by atoms with E-state index in [1.54, 1.807) is 6.07 Å². The number of nitrogens with two attached hydrogens (primary N) is 2. The molecule has 0 bridgehead atoms. The molecule has 1 aliphatic carbocycles. The van der Waals surface area contributed by atoms with Crippen molar-refractivity contribution in [1.82, 2.24) is 0 Å². The summed E-state index contributed by atoms with van der Waals surface area (Å²) in [6.45, 7) is 3.97. The lowest BCUT2D eigenvalue weighted by Gasteiger charge is -2.34. The number of carbonyl (C=O) groups is 1. The van der Waals surface area contributed by atoms with E-state index in [0.29, 0.717) is 11.3 Å². The third-order valence-electron chi connectivity index (χ3n) is 3.71. The Labute approximate surface area is 108 Å². The molecular weight excluding hydrogens is 226 g/mol. The maximum absolute atomic E-state index is 11.5. The second kappa shape index (κ2) is 5.29. The second-order valence-corrected chi connectivity index (χ2v) is 4.98. The summed E-state index contributed by atoms with van der Waals surface area (Å²) in [5.41, 5.74) is 13.2. The SMILES string of the molecule is CCN(CC1CCC1)c1ccc(N)cc1C(N)=O. The van der Waals surface area contributed by atoms with E-state index in [1.165, 1.54) is 19.3 Å². The molecule has 0 heterocycles. The highest BCUT2D eigenvalue weighted by Gasteiger charge is 2.22. The van der Waals surface area contributed by atoms with Crippen LogP contribution in [0, 0.1) is 5.92 Å². The lowest BCUT2D eigenvalue weighted by molar-refractivity contribution is 0.100. The van der Waals surface area contributed by atoms with E-state index in [4.69, 9.17) is 11.5 Å². The molecule has 4 heteroatoms. The molecule has 1 amide bonds. The standard InChI is InChI=1S/C14H21N3O/c1-2-17(9-10-4-3-5-10)13-7-6-11(15)8-12(13)14(16)18/h6-8,10H,2-5,9,15H2,1H3,(H2,16,18). The average molecular weight is 247 g/mol. The molecule has 0 spiro atoms. The van der Waals surface area contributed by atoms with Crippen LogP contribution in [0.2, 0.25) is 0 Å². The molecule has 18 heavy (non-hydrogen) atoms. The van der Waals surface area contributed by atoms with E-state index in [1.807, 2.05) is 12.1 Å². The van der Waals surface area contributed by atoms with Crippen LogP contribution in [0.25, 0.3) is 0 Å². The monoisotopic (exact) mass is 247 g/mol. The third kappa shape index (κ3) is 2.58. The summed E-state index contributed by atoms with van der Waals surface area (Å²) in [4.78, 5) is 13.7. The van der Waals surface area contributed by atoms with Gasteiger partial charge in [0.2, 0.25) is 0 Å². The normalized spacial score (nSPS) is 15.2. The molecule has 0 saturated heterocycles. The number of benzene rings is 1. The minimum absolute atomic E-state index is 0.413. The lowest BCUT2D eigenvalue weighted by Crippen LogP contribution is -2.34. The van der Waals surface area contributed by atoms with Gasteiger partial charge in [-0.05, 0) is 43.9 Å². The van der Waals surface area contributed by atoms with Gasteiger partial charge in [0.05, 0.1) is 5.56 Å². The second-order valence-electron chi connectivity index (χ2n) is 4.98. The summed E-state index contributed by atoms with van der Waals surface area (Å²) in [6, 6.07) is 5.39. The summed E-state index contributed by atoms with van der Waals surface area (Å²) in [5, 5.41) is 0. The van der Waals surface area contributed by atoms with Gasteiger partial charge in [-0.1, -0.05) is 6.42 Å². The lowest BCUT2D eigenvalue weighted by atomic mass is 9.85. The molecule has 1 aromatic rings. The Bertz CT molecular complexity index is 441. The number of amides is 1. The van der Waals surface area contributed by atoms with Crippen LogP contribution < -0.4 is 16.4 Å². The van der Waals surface area contributed by atoms with Gasteiger partial charge < -0.3 is 16.4 Å². The van der Waals surface area contributed by atoms with E-state index in [0.717, 1.165) is 24.7 Å². The first-order chi connectivity index (χ1) is 8.61. The Balaban J connectivity index is 2.25. The molecule has 1 aromatic carbocycles. The fraction of sp³-hybridized carbons (Fsp3) is 0.500. The molecule has 2 rings (SSSR count). The fourth-order valence-corrected chi connectivity index (χ4v) is 2.41. The summed E-state index contributed by atoms with van der Waals surface area (Å²) in [6.07, 6.45) is 3.90. The van der Waals surface area contributed by atoms with E-state index in [-0.39, 0.29) is 0 Å². The van der Waals surface area contributed by atoms with Crippen molar-refractivity contribution in [2.75, 3.05) is 23.7 Å². The fourth-order valence-electron chi connectivity index (χ4n) is 2.41. The van der Waals surface area contributed by atoms with Crippen molar-refractivity contribution in [2.45, 2.75) is 26.2 Å². The first-order valence-corrected chi connectivity index (χ1v) is 6.56. The number of rotatable bonds is 5. The van der Waals surface area contributed by atoms with E-state index in [9.17, 15) is 4.79 Å². The Morgan fingerprint density at radius 3 is 2.67 bits per heavy atom. The number of nitrogen functional groups attached to an aromatic ring is 1. The van der Waals surface area contributed by atoms with Gasteiger partial charge in [-0.25, -0.2) is 0 Å². The maximum atomic E-state index is 11.5. The van der Waals surface area contributed by atoms with Crippen LogP contribution >= 0.6 is 0 Å². The van der Waals surface area contributed by atoms with Crippen molar-refractivity contribution in [3.63, 3.8) is 0 Å². The molecule has 1 saturated carbocycles. The molecular formula is C14H21N3O. The van der Waals surface area contributed by atoms with Gasteiger partial charge in [0.25, 0.3) is 5.91 Å². The van der Waals surface area contributed by atoms with Crippen LogP contribution in [0.1, 0.15) is 36.5 Å². The van der Waals surface area contributed by atoms with Crippen LogP contribution in [0.5, 0.6) is 0 Å². The largest absolute Gasteiger partial charge is 0.399 e. The van der Waals surface area contributed by atoms with Gasteiger partial charge in [-0.15, -0.1) is 0 Å².